The summed E-state index contributed by atoms with van der Waals surface area (Å²) in [7, 11) is -3.26. The van der Waals surface area contributed by atoms with Gasteiger partial charge in [-0.15, -0.1) is 0 Å². The Hall–Kier alpha value is -3.61. The molecule has 1 aliphatic heterocycles. The lowest BCUT2D eigenvalue weighted by Crippen LogP contribution is -2.44. The number of carbonyl (C=O) groups excluding carboxylic acids is 1. The van der Waals surface area contributed by atoms with Gasteiger partial charge in [-0.1, -0.05) is 25.1 Å². The van der Waals surface area contributed by atoms with Crippen LogP contribution < -0.4 is 9.46 Å². The summed E-state index contributed by atoms with van der Waals surface area (Å²) < 4.78 is 38.2. The van der Waals surface area contributed by atoms with Crippen molar-refractivity contribution in [1.29, 1.82) is 0 Å². The molecule has 4 rings (SSSR count). The van der Waals surface area contributed by atoms with Crippen molar-refractivity contribution in [2.24, 2.45) is 0 Å². The SMILES string of the molecule is CCCS(=O)(=O)NCc1ccc2ccc(C#[N+]c3ccc(OC4CCN(C(=O)OC(C)(C)C)CC4)cc3)cc2c1. The number of nitrogens with one attached hydrogen (secondary N) is 1. The van der Waals surface area contributed by atoms with Crippen molar-refractivity contribution in [3.8, 4) is 11.8 Å². The van der Waals surface area contributed by atoms with Crippen molar-refractivity contribution in [2.75, 3.05) is 18.8 Å². The number of hydrogen-bond donors (Lipinski definition) is 1. The van der Waals surface area contributed by atoms with E-state index < -0.39 is 15.6 Å². The average Bonchev–Trinajstić information content (AvgIpc) is 2.91. The maximum atomic E-state index is 12.3. The molecule has 212 valence electrons. The van der Waals surface area contributed by atoms with Gasteiger partial charge in [-0.25, -0.2) is 17.9 Å². The minimum atomic E-state index is -3.26. The highest BCUT2D eigenvalue weighted by Crippen LogP contribution is 2.24. The molecule has 0 aliphatic carbocycles. The van der Waals surface area contributed by atoms with Crippen LogP contribution >= 0.6 is 0 Å². The number of sulfonamides is 1. The molecule has 40 heavy (non-hydrogen) atoms. The first-order valence-corrected chi connectivity index (χ1v) is 15.4. The molecular formula is C31H38N3O5S+. The number of amides is 1. The van der Waals surface area contributed by atoms with Gasteiger partial charge in [0.2, 0.25) is 10.0 Å². The second-order valence-electron chi connectivity index (χ2n) is 11.0. The molecule has 8 nitrogen and oxygen atoms in total. The standard InChI is InChI=1S/C31H38N3O5S/c1-5-18-40(36,37)33-22-24-7-9-25-8-6-23(19-26(25)20-24)21-32-27-10-12-28(13-11-27)38-29-14-16-34(17-15-29)30(35)39-31(2,3)4/h6-13,19-20,29,33H,5,14-18,22H2,1-4H3/q+1. The van der Waals surface area contributed by atoms with Gasteiger partial charge in [0.25, 0.3) is 0 Å². The van der Waals surface area contributed by atoms with E-state index in [1.54, 1.807) is 4.90 Å². The van der Waals surface area contributed by atoms with E-state index in [2.05, 4.69) is 15.6 Å². The summed E-state index contributed by atoms with van der Waals surface area (Å²) in [6.07, 6.45) is 1.86. The van der Waals surface area contributed by atoms with Crippen LogP contribution in [0.1, 0.15) is 58.1 Å². The normalized spacial score (nSPS) is 14.4. The first-order chi connectivity index (χ1) is 19.0. The summed E-state index contributed by atoms with van der Waals surface area (Å²) in [6, 6.07) is 22.5. The van der Waals surface area contributed by atoms with Gasteiger partial charge in [0.1, 0.15) is 23.0 Å². The van der Waals surface area contributed by atoms with Crippen LogP contribution in [0.4, 0.5) is 10.5 Å². The molecule has 1 N–H and O–H groups in total. The zero-order chi connectivity index (χ0) is 28.8. The van der Waals surface area contributed by atoms with Gasteiger partial charge in [0, 0.05) is 44.6 Å². The van der Waals surface area contributed by atoms with E-state index in [1.165, 1.54) is 0 Å². The van der Waals surface area contributed by atoms with E-state index in [0.29, 0.717) is 19.5 Å². The number of rotatable bonds is 7. The highest BCUT2D eigenvalue weighted by molar-refractivity contribution is 7.89. The number of piperidine rings is 1. The van der Waals surface area contributed by atoms with Crippen molar-refractivity contribution >= 4 is 32.6 Å². The molecule has 0 saturated carbocycles. The monoisotopic (exact) mass is 564 g/mol. The van der Waals surface area contributed by atoms with Gasteiger partial charge in [-0.3, -0.25) is 0 Å². The van der Waals surface area contributed by atoms with Crippen molar-refractivity contribution in [3.63, 3.8) is 0 Å². The Balaban J connectivity index is 1.33. The summed E-state index contributed by atoms with van der Waals surface area (Å²) >= 11 is 0. The molecule has 1 saturated heterocycles. The van der Waals surface area contributed by atoms with Crippen molar-refractivity contribution in [2.45, 2.75) is 65.2 Å². The molecule has 1 heterocycles. The fourth-order valence-electron chi connectivity index (χ4n) is 4.41. The van der Waals surface area contributed by atoms with Gasteiger partial charge in [0.15, 0.2) is 0 Å². The van der Waals surface area contributed by atoms with Gasteiger partial charge in [-0.2, -0.15) is 0 Å². The predicted octanol–water partition coefficient (Wildman–Crippen LogP) is 6.46. The summed E-state index contributed by atoms with van der Waals surface area (Å²) in [5.74, 6) is 0.890. The molecule has 9 heteroatoms. The second kappa shape index (κ2) is 12.7. The fraction of sp³-hybridized carbons (Fsp3) is 0.419. The van der Waals surface area contributed by atoms with E-state index in [0.717, 1.165) is 46.2 Å². The Labute approximate surface area is 237 Å². The lowest BCUT2D eigenvalue weighted by molar-refractivity contribution is 0.0126. The van der Waals surface area contributed by atoms with Crippen molar-refractivity contribution in [3.05, 3.63) is 76.6 Å². The lowest BCUT2D eigenvalue weighted by Gasteiger charge is -2.33. The number of hydrogen-bond acceptors (Lipinski definition) is 5. The van der Waals surface area contributed by atoms with Crippen LogP contribution in [0.25, 0.3) is 15.6 Å². The largest absolute Gasteiger partial charge is 0.490 e. The van der Waals surface area contributed by atoms with Gasteiger partial charge in [-0.05, 0) is 78.7 Å². The molecule has 0 atom stereocenters. The number of benzene rings is 3. The molecule has 3 aromatic carbocycles. The molecule has 1 fully saturated rings. The third kappa shape index (κ3) is 8.70. The highest BCUT2D eigenvalue weighted by atomic mass is 32.2. The van der Waals surface area contributed by atoms with Crippen LogP contribution in [0.2, 0.25) is 0 Å². The number of fused-ring (bicyclic) bond motifs is 1. The van der Waals surface area contributed by atoms with Crippen LogP contribution in [0.3, 0.4) is 0 Å². The highest BCUT2D eigenvalue weighted by Gasteiger charge is 2.27. The van der Waals surface area contributed by atoms with Crippen LogP contribution in [-0.2, 0) is 21.3 Å². The zero-order valence-corrected chi connectivity index (χ0v) is 24.5. The third-order valence-corrected chi connectivity index (χ3v) is 7.95. The molecule has 3 aromatic rings. The van der Waals surface area contributed by atoms with E-state index in [1.807, 2.05) is 88.4 Å². The fourth-order valence-corrected chi connectivity index (χ4v) is 5.48. The van der Waals surface area contributed by atoms with E-state index >= 15 is 0 Å². The summed E-state index contributed by atoms with van der Waals surface area (Å²) in [4.78, 5) is 18.5. The quantitative estimate of drug-likeness (QED) is 0.356. The average molecular weight is 565 g/mol. The minimum absolute atomic E-state index is 0.0454. The smallest absolute Gasteiger partial charge is 0.410 e. The van der Waals surface area contributed by atoms with Crippen LogP contribution in [-0.4, -0.2) is 50.0 Å². The second-order valence-corrected chi connectivity index (χ2v) is 13.0. The molecule has 0 spiro atoms. The summed E-state index contributed by atoms with van der Waals surface area (Å²) in [6.45, 7) is 8.94. The summed E-state index contributed by atoms with van der Waals surface area (Å²) in [5, 5.41) is 2.05. The predicted molar refractivity (Wildman–Crippen MR) is 159 cm³/mol. The van der Waals surface area contributed by atoms with Gasteiger partial charge < -0.3 is 14.4 Å². The van der Waals surface area contributed by atoms with E-state index in [4.69, 9.17) is 9.47 Å². The Kier molecular flexibility index (Phi) is 9.33. The van der Waals surface area contributed by atoms with E-state index in [-0.39, 0.29) is 24.5 Å². The lowest BCUT2D eigenvalue weighted by atomic mass is 10.0. The van der Waals surface area contributed by atoms with Gasteiger partial charge >= 0.3 is 17.8 Å². The zero-order valence-electron chi connectivity index (χ0n) is 23.6. The Morgan fingerprint density at radius 1 is 1.02 bits per heavy atom. The molecular weight excluding hydrogens is 526 g/mol. The Morgan fingerprint density at radius 3 is 2.40 bits per heavy atom. The van der Waals surface area contributed by atoms with Crippen LogP contribution in [0, 0.1) is 6.07 Å². The molecule has 0 radical (unpaired) electrons. The summed E-state index contributed by atoms with van der Waals surface area (Å²) in [5.41, 5.74) is 1.98. The number of likely N-dealkylation sites (tertiary alicyclic amines) is 1. The minimum Gasteiger partial charge on any atom is -0.490 e. The Morgan fingerprint density at radius 2 is 1.73 bits per heavy atom. The van der Waals surface area contributed by atoms with Crippen molar-refractivity contribution in [1.82, 2.24) is 9.62 Å². The molecule has 0 bridgehead atoms. The molecule has 0 aromatic heterocycles. The van der Waals surface area contributed by atoms with Crippen LogP contribution in [0.15, 0.2) is 60.7 Å². The topological polar surface area (TPSA) is 89.3 Å². The number of carbonyl (C=O) groups is 1. The first-order valence-electron chi connectivity index (χ1n) is 13.7. The van der Waals surface area contributed by atoms with Crippen LogP contribution in [0.5, 0.6) is 5.75 Å². The van der Waals surface area contributed by atoms with Gasteiger partial charge in [0.05, 0.1) is 5.75 Å². The molecule has 0 unspecified atom stereocenters. The third-order valence-electron chi connectivity index (χ3n) is 6.42. The van der Waals surface area contributed by atoms with E-state index in [9.17, 15) is 13.2 Å². The maximum absolute atomic E-state index is 12.3. The number of ether oxygens (including phenoxy) is 2. The van der Waals surface area contributed by atoms with Crippen molar-refractivity contribution < 1.29 is 22.7 Å². The Bertz CT molecular complexity index is 1490. The first kappa shape index (κ1) is 29.4. The maximum Gasteiger partial charge on any atom is 0.410 e. The molecule has 1 amide bonds. The number of nitrogens with zero attached hydrogens (tertiary/aromatic N) is 2. The molecule has 1 aliphatic rings.